The summed E-state index contributed by atoms with van der Waals surface area (Å²) >= 11 is 2.06. The molecule has 3 aromatic rings. The first-order chi connectivity index (χ1) is 16.4. The van der Waals surface area contributed by atoms with Gasteiger partial charge in [0.05, 0.1) is 15.6 Å². The monoisotopic (exact) mass is 574 g/mol. The van der Waals surface area contributed by atoms with Gasteiger partial charge >= 0.3 is 5.97 Å². The standard InChI is InChI=1S/C24H16FIN2O6/c1-32-21-12-14(10-19(26)22(21)33-13-16-4-2-3-5-18(16)25)11-20-24(29)34-23(27-20)15-6-8-17(9-7-15)28(30)31/h2-12H,13H2,1H3/b20-11-. The maximum absolute atomic E-state index is 13.9. The Morgan fingerprint density at radius 2 is 1.91 bits per heavy atom. The third kappa shape index (κ3) is 5.06. The van der Waals surface area contributed by atoms with Gasteiger partial charge in [-0.25, -0.2) is 14.2 Å². The highest BCUT2D eigenvalue weighted by Crippen LogP contribution is 2.35. The van der Waals surface area contributed by atoms with E-state index in [-0.39, 0.29) is 29.7 Å². The molecular formula is C24H16FIN2O6. The van der Waals surface area contributed by atoms with Gasteiger partial charge in [0.25, 0.3) is 5.69 Å². The fourth-order valence-electron chi connectivity index (χ4n) is 3.14. The van der Waals surface area contributed by atoms with Crippen LogP contribution in [-0.2, 0) is 16.1 Å². The SMILES string of the molecule is COc1cc(/C=C2\N=C(c3ccc([N+](=O)[O-])cc3)OC2=O)cc(I)c1OCc1ccccc1F. The van der Waals surface area contributed by atoms with Gasteiger partial charge in [-0.3, -0.25) is 10.1 Å². The van der Waals surface area contributed by atoms with Crippen LogP contribution in [0, 0.1) is 19.5 Å². The Bertz CT molecular complexity index is 1340. The minimum absolute atomic E-state index is 0.0225. The molecule has 172 valence electrons. The van der Waals surface area contributed by atoms with Crippen molar-refractivity contribution in [3.63, 3.8) is 0 Å². The topological polar surface area (TPSA) is 100 Å². The minimum Gasteiger partial charge on any atom is -0.493 e. The predicted octanol–water partition coefficient (Wildman–Crippen LogP) is 5.27. The zero-order chi connectivity index (χ0) is 24.2. The molecule has 34 heavy (non-hydrogen) atoms. The number of esters is 1. The summed E-state index contributed by atoms with van der Waals surface area (Å²) in [5, 5.41) is 10.8. The van der Waals surface area contributed by atoms with Gasteiger partial charge in [-0.1, -0.05) is 18.2 Å². The van der Waals surface area contributed by atoms with Gasteiger partial charge in [0, 0.05) is 23.3 Å². The first-order valence-electron chi connectivity index (χ1n) is 9.87. The van der Waals surface area contributed by atoms with E-state index < -0.39 is 10.9 Å². The molecule has 0 N–H and O–H groups in total. The summed E-state index contributed by atoms with van der Waals surface area (Å²) in [7, 11) is 1.48. The van der Waals surface area contributed by atoms with E-state index >= 15 is 0 Å². The van der Waals surface area contributed by atoms with Crippen LogP contribution in [0.5, 0.6) is 11.5 Å². The van der Waals surface area contributed by atoms with E-state index in [9.17, 15) is 19.3 Å². The average molecular weight is 574 g/mol. The second kappa shape index (κ2) is 10.00. The van der Waals surface area contributed by atoms with E-state index in [0.29, 0.717) is 31.8 Å². The van der Waals surface area contributed by atoms with Crippen molar-refractivity contribution in [2.75, 3.05) is 7.11 Å². The summed E-state index contributed by atoms with van der Waals surface area (Å²) in [6.45, 7) is 0.0225. The molecule has 0 spiro atoms. The number of hydrogen-bond donors (Lipinski definition) is 0. The molecule has 4 rings (SSSR count). The molecule has 1 aliphatic heterocycles. The van der Waals surface area contributed by atoms with Crippen molar-refractivity contribution in [2.45, 2.75) is 6.61 Å². The maximum Gasteiger partial charge on any atom is 0.363 e. The molecule has 10 heteroatoms. The predicted molar refractivity (Wildman–Crippen MR) is 130 cm³/mol. The molecule has 0 saturated carbocycles. The van der Waals surface area contributed by atoms with Crippen LogP contribution >= 0.6 is 22.6 Å². The third-order valence-corrected chi connectivity index (χ3v) is 5.63. The zero-order valence-corrected chi connectivity index (χ0v) is 19.8. The molecule has 1 aliphatic rings. The quantitative estimate of drug-likeness (QED) is 0.125. The van der Waals surface area contributed by atoms with Gasteiger partial charge in [0.2, 0.25) is 5.90 Å². The van der Waals surface area contributed by atoms with Crippen molar-refractivity contribution in [2.24, 2.45) is 4.99 Å². The number of cyclic esters (lactones) is 1. The second-order valence-corrected chi connectivity index (χ2v) is 8.22. The van der Waals surface area contributed by atoms with Gasteiger partial charge in [-0.15, -0.1) is 0 Å². The molecule has 0 aliphatic carbocycles. The normalized spacial score (nSPS) is 14.0. The lowest BCUT2D eigenvalue weighted by Crippen LogP contribution is -2.05. The van der Waals surface area contributed by atoms with E-state index in [1.54, 1.807) is 30.3 Å². The van der Waals surface area contributed by atoms with Gasteiger partial charge in [0.15, 0.2) is 17.2 Å². The highest BCUT2D eigenvalue weighted by Gasteiger charge is 2.25. The smallest absolute Gasteiger partial charge is 0.363 e. The van der Waals surface area contributed by atoms with E-state index in [0.717, 1.165) is 0 Å². The molecular weight excluding hydrogens is 558 g/mol. The Balaban J connectivity index is 1.58. The number of methoxy groups -OCH3 is 1. The van der Waals surface area contributed by atoms with Crippen molar-refractivity contribution >= 4 is 46.2 Å². The summed E-state index contributed by atoms with van der Waals surface area (Å²) in [5.41, 5.74) is 1.44. The molecule has 1 heterocycles. The van der Waals surface area contributed by atoms with Crippen LogP contribution in [0.3, 0.4) is 0 Å². The molecule has 0 bridgehead atoms. The molecule has 0 unspecified atom stereocenters. The number of ether oxygens (including phenoxy) is 3. The third-order valence-electron chi connectivity index (χ3n) is 4.83. The Morgan fingerprint density at radius 3 is 2.59 bits per heavy atom. The van der Waals surface area contributed by atoms with Crippen LogP contribution in [0.1, 0.15) is 16.7 Å². The lowest BCUT2D eigenvalue weighted by molar-refractivity contribution is -0.384. The Hall–Kier alpha value is -3.80. The number of hydrogen-bond acceptors (Lipinski definition) is 7. The fraction of sp³-hybridized carbons (Fsp3) is 0.0833. The van der Waals surface area contributed by atoms with E-state index in [1.165, 1.54) is 43.5 Å². The van der Waals surface area contributed by atoms with Crippen molar-refractivity contribution in [3.8, 4) is 11.5 Å². The van der Waals surface area contributed by atoms with Crippen LogP contribution in [0.2, 0.25) is 0 Å². The van der Waals surface area contributed by atoms with Gasteiger partial charge < -0.3 is 14.2 Å². The molecule has 0 atom stereocenters. The highest BCUT2D eigenvalue weighted by molar-refractivity contribution is 14.1. The van der Waals surface area contributed by atoms with Crippen LogP contribution in [0.4, 0.5) is 10.1 Å². The Labute approximate surface area is 207 Å². The second-order valence-electron chi connectivity index (χ2n) is 7.05. The van der Waals surface area contributed by atoms with Crippen molar-refractivity contribution in [3.05, 3.63) is 103 Å². The number of carbonyl (C=O) groups is 1. The number of benzene rings is 3. The fourth-order valence-corrected chi connectivity index (χ4v) is 3.93. The number of non-ortho nitro benzene ring substituents is 1. The lowest BCUT2D eigenvalue weighted by atomic mass is 10.1. The molecule has 0 saturated heterocycles. The summed E-state index contributed by atoms with van der Waals surface area (Å²) in [6, 6.07) is 15.3. The van der Waals surface area contributed by atoms with Gasteiger partial charge in [-0.2, -0.15) is 0 Å². The van der Waals surface area contributed by atoms with E-state index in [4.69, 9.17) is 14.2 Å². The average Bonchev–Trinajstić information content (AvgIpc) is 3.19. The molecule has 0 amide bonds. The maximum atomic E-state index is 13.9. The molecule has 0 aromatic heterocycles. The van der Waals surface area contributed by atoms with Crippen LogP contribution in [0.25, 0.3) is 6.08 Å². The Morgan fingerprint density at radius 1 is 1.18 bits per heavy atom. The van der Waals surface area contributed by atoms with Crippen LogP contribution < -0.4 is 9.47 Å². The van der Waals surface area contributed by atoms with Gasteiger partial charge in [0.1, 0.15) is 12.4 Å². The van der Waals surface area contributed by atoms with Gasteiger partial charge in [-0.05, 0) is 64.6 Å². The lowest BCUT2D eigenvalue weighted by Gasteiger charge is -2.14. The number of nitro groups is 1. The summed E-state index contributed by atoms with van der Waals surface area (Å²) in [4.78, 5) is 26.9. The highest BCUT2D eigenvalue weighted by atomic mass is 127. The summed E-state index contributed by atoms with van der Waals surface area (Å²) in [6.07, 6.45) is 1.53. The molecule has 8 nitrogen and oxygen atoms in total. The first kappa shape index (κ1) is 23.4. The van der Waals surface area contributed by atoms with Crippen molar-refractivity contribution in [1.29, 1.82) is 0 Å². The van der Waals surface area contributed by atoms with Crippen molar-refractivity contribution in [1.82, 2.24) is 0 Å². The summed E-state index contributed by atoms with van der Waals surface area (Å²) < 4.78 is 31.1. The van der Waals surface area contributed by atoms with Crippen LogP contribution in [-0.4, -0.2) is 23.9 Å². The molecule has 0 fully saturated rings. The number of nitro benzene ring substituents is 1. The number of aliphatic imine (C=N–C) groups is 1. The minimum atomic E-state index is -0.651. The van der Waals surface area contributed by atoms with Crippen LogP contribution in [0.15, 0.2) is 71.4 Å². The van der Waals surface area contributed by atoms with E-state index in [2.05, 4.69) is 27.6 Å². The molecule has 3 aromatic carbocycles. The van der Waals surface area contributed by atoms with Crippen molar-refractivity contribution < 1.29 is 28.3 Å². The largest absolute Gasteiger partial charge is 0.493 e. The summed E-state index contributed by atoms with van der Waals surface area (Å²) in [5.74, 6) is -0.113. The number of carbonyl (C=O) groups excluding carboxylic acids is 1. The number of nitrogens with zero attached hydrogens (tertiary/aromatic N) is 2. The Kier molecular flexibility index (Phi) is 6.87. The first-order valence-corrected chi connectivity index (χ1v) is 10.9. The number of rotatable bonds is 7. The van der Waals surface area contributed by atoms with E-state index in [1.807, 2.05) is 0 Å². The zero-order valence-electron chi connectivity index (χ0n) is 17.7. The molecule has 0 radical (unpaired) electrons. The number of halogens is 2.